The summed E-state index contributed by atoms with van der Waals surface area (Å²) in [5, 5.41) is 0.878. The van der Waals surface area contributed by atoms with Crippen LogP contribution >= 0.6 is 0 Å². The Bertz CT molecular complexity index is 687. The highest BCUT2D eigenvalue weighted by Gasteiger charge is 1.99. The minimum absolute atomic E-state index is 0.100. The van der Waals surface area contributed by atoms with E-state index in [0.717, 1.165) is 16.5 Å². The average Bonchev–Trinajstić information content (AvgIpc) is 2.57. The molecular weight excluding hydrogens is 312 g/mol. The zero-order valence-corrected chi connectivity index (χ0v) is 13.8. The molecule has 0 heterocycles. The Hall–Kier alpha value is -2.53. The molecule has 23 heavy (non-hydrogen) atoms. The van der Waals surface area contributed by atoms with E-state index in [-0.39, 0.29) is 17.0 Å². The SMILES string of the molecule is CC(=O)c1ccc(-c2ccccc2)cc1.CCOC(=O)C=S=O. The lowest BCUT2D eigenvalue weighted by atomic mass is 10.0. The highest BCUT2D eigenvalue weighted by molar-refractivity contribution is 7.66. The number of benzene rings is 2. The van der Waals surface area contributed by atoms with E-state index in [0.29, 0.717) is 6.61 Å². The second kappa shape index (κ2) is 10.2. The highest BCUT2D eigenvalue weighted by atomic mass is 32.1. The van der Waals surface area contributed by atoms with Crippen molar-refractivity contribution in [3.8, 4) is 11.1 Å². The number of ketones is 1. The third kappa shape index (κ3) is 6.84. The molecule has 0 bridgehead atoms. The summed E-state index contributed by atoms with van der Waals surface area (Å²) in [5.41, 5.74) is 3.07. The van der Waals surface area contributed by atoms with Gasteiger partial charge in [0.2, 0.25) is 0 Å². The normalized spacial score (nSPS) is 9.13. The van der Waals surface area contributed by atoms with Crippen LogP contribution in [0.4, 0.5) is 0 Å². The molecule has 0 aromatic heterocycles. The van der Waals surface area contributed by atoms with Gasteiger partial charge in [-0.25, -0.2) is 9.00 Å². The van der Waals surface area contributed by atoms with Gasteiger partial charge in [0.25, 0.3) is 0 Å². The van der Waals surface area contributed by atoms with Crippen molar-refractivity contribution in [2.75, 3.05) is 6.61 Å². The third-order valence-corrected chi connectivity index (χ3v) is 3.12. The minimum Gasteiger partial charge on any atom is -0.462 e. The Morgan fingerprint density at radius 2 is 1.57 bits per heavy atom. The molecule has 0 N–H and O–H groups in total. The standard InChI is InChI=1S/C14H12O.C4H6O3S/c1-11(15)12-7-9-14(10-8-12)13-5-3-2-4-6-13;1-2-7-4(5)3-8-6/h2-10H,1H3;3H,2H2,1H3. The molecule has 0 aliphatic heterocycles. The molecule has 5 heteroatoms. The van der Waals surface area contributed by atoms with E-state index in [1.165, 1.54) is 5.56 Å². The maximum atomic E-state index is 11.1. The van der Waals surface area contributed by atoms with Gasteiger partial charge in [-0.05, 0) is 25.0 Å². The Kier molecular flexibility index (Phi) is 8.24. The van der Waals surface area contributed by atoms with Crippen molar-refractivity contribution in [3.63, 3.8) is 0 Å². The van der Waals surface area contributed by atoms with Crippen LogP contribution in [0.15, 0.2) is 54.6 Å². The van der Waals surface area contributed by atoms with Crippen LogP contribution in [0.1, 0.15) is 24.2 Å². The summed E-state index contributed by atoms with van der Waals surface area (Å²) in [6.45, 7) is 3.58. The molecule has 0 aliphatic rings. The number of esters is 1. The van der Waals surface area contributed by atoms with Gasteiger partial charge in [-0.1, -0.05) is 54.6 Å². The smallest absolute Gasteiger partial charge is 0.344 e. The molecule has 0 radical (unpaired) electrons. The zero-order valence-electron chi connectivity index (χ0n) is 13.0. The minimum atomic E-state index is -0.562. The molecule has 2 aromatic rings. The van der Waals surface area contributed by atoms with Crippen molar-refractivity contribution in [2.24, 2.45) is 0 Å². The van der Waals surface area contributed by atoms with Crippen LogP contribution in [-0.4, -0.2) is 27.9 Å². The molecular formula is C18H18O4S. The number of Topliss-reactive ketones (excluding diaryl/α,β-unsaturated/α-hetero) is 1. The Labute approximate surface area is 139 Å². The largest absolute Gasteiger partial charge is 0.462 e. The fourth-order valence-corrected chi connectivity index (χ4v) is 1.89. The van der Waals surface area contributed by atoms with Gasteiger partial charge < -0.3 is 4.74 Å². The van der Waals surface area contributed by atoms with Crippen LogP contribution in [0.5, 0.6) is 0 Å². The molecule has 120 valence electrons. The lowest BCUT2D eigenvalue weighted by molar-refractivity contribution is -0.134. The van der Waals surface area contributed by atoms with Gasteiger partial charge in [-0.15, -0.1) is 0 Å². The number of hydrogen-bond donors (Lipinski definition) is 0. The Morgan fingerprint density at radius 3 is 2.04 bits per heavy atom. The van der Waals surface area contributed by atoms with Gasteiger partial charge in [0.1, 0.15) is 5.37 Å². The molecule has 0 atom stereocenters. The molecule has 2 rings (SSSR count). The number of carbonyl (C=O) groups is 2. The predicted molar refractivity (Wildman–Crippen MR) is 92.7 cm³/mol. The molecule has 0 fully saturated rings. The van der Waals surface area contributed by atoms with E-state index in [4.69, 9.17) is 0 Å². The second-order valence-corrected chi connectivity index (χ2v) is 4.89. The molecule has 2 aromatic carbocycles. The first kappa shape index (κ1) is 18.5. The summed E-state index contributed by atoms with van der Waals surface area (Å²) in [6.07, 6.45) is 0. The molecule has 4 nitrogen and oxygen atoms in total. The number of ether oxygens (including phenoxy) is 1. The van der Waals surface area contributed by atoms with Crippen LogP contribution in [0.2, 0.25) is 0 Å². The molecule has 0 saturated carbocycles. The van der Waals surface area contributed by atoms with Gasteiger partial charge in [0, 0.05) is 5.56 Å². The van der Waals surface area contributed by atoms with E-state index < -0.39 is 5.97 Å². The quantitative estimate of drug-likeness (QED) is 0.491. The van der Waals surface area contributed by atoms with E-state index >= 15 is 0 Å². The van der Waals surface area contributed by atoms with Crippen molar-refractivity contribution in [3.05, 3.63) is 60.2 Å². The highest BCUT2D eigenvalue weighted by Crippen LogP contribution is 2.19. The van der Waals surface area contributed by atoms with E-state index in [1.807, 2.05) is 42.5 Å². The van der Waals surface area contributed by atoms with Crippen LogP contribution in [0.3, 0.4) is 0 Å². The lowest BCUT2D eigenvalue weighted by Crippen LogP contribution is -2.03. The van der Waals surface area contributed by atoms with Crippen LogP contribution in [-0.2, 0) is 20.8 Å². The topological polar surface area (TPSA) is 60.4 Å². The lowest BCUT2D eigenvalue weighted by Gasteiger charge is -2.01. The van der Waals surface area contributed by atoms with E-state index in [1.54, 1.807) is 13.8 Å². The van der Waals surface area contributed by atoms with Gasteiger partial charge in [0.15, 0.2) is 5.78 Å². The Morgan fingerprint density at radius 1 is 1.00 bits per heavy atom. The third-order valence-electron chi connectivity index (χ3n) is 2.83. The molecule has 0 amide bonds. The van der Waals surface area contributed by atoms with Crippen molar-refractivity contribution in [1.82, 2.24) is 0 Å². The first-order chi connectivity index (χ1) is 11.1. The fraction of sp³-hybridized carbons (Fsp3) is 0.167. The van der Waals surface area contributed by atoms with Gasteiger partial charge in [-0.2, -0.15) is 0 Å². The van der Waals surface area contributed by atoms with Crippen molar-refractivity contribution in [1.29, 1.82) is 0 Å². The first-order valence-corrected chi connectivity index (χ1v) is 7.84. The molecule has 0 aliphatic carbocycles. The molecule has 0 unspecified atom stereocenters. The zero-order chi connectivity index (χ0) is 17.1. The predicted octanol–water partition coefficient (Wildman–Crippen LogP) is 3.12. The van der Waals surface area contributed by atoms with E-state index in [9.17, 15) is 13.8 Å². The van der Waals surface area contributed by atoms with Crippen LogP contribution < -0.4 is 0 Å². The van der Waals surface area contributed by atoms with Gasteiger partial charge >= 0.3 is 5.97 Å². The number of hydrogen-bond acceptors (Lipinski definition) is 4. The van der Waals surface area contributed by atoms with Gasteiger partial charge in [0.05, 0.1) is 17.9 Å². The summed E-state index contributed by atoms with van der Waals surface area (Å²) >= 11 is 0.100. The summed E-state index contributed by atoms with van der Waals surface area (Å²) in [5.74, 6) is -0.456. The van der Waals surface area contributed by atoms with Crippen molar-refractivity contribution in [2.45, 2.75) is 13.8 Å². The van der Waals surface area contributed by atoms with E-state index in [2.05, 4.69) is 16.9 Å². The molecule has 0 spiro atoms. The number of rotatable bonds is 4. The van der Waals surface area contributed by atoms with Crippen molar-refractivity contribution >= 4 is 28.4 Å². The Balaban J connectivity index is 0.000000284. The summed E-state index contributed by atoms with van der Waals surface area (Å²) in [6, 6.07) is 17.8. The van der Waals surface area contributed by atoms with Crippen LogP contribution in [0.25, 0.3) is 11.1 Å². The average molecular weight is 330 g/mol. The fourth-order valence-electron chi connectivity index (χ4n) is 1.74. The molecule has 0 saturated heterocycles. The first-order valence-electron chi connectivity index (χ1n) is 7.03. The maximum absolute atomic E-state index is 11.1. The second-order valence-electron chi connectivity index (χ2n) is 4.47. The maximum Gasteiger partial charge on any atom is 0.344 e. The monoisotopic (exact) mass is 330 g/mol. The number of carbonyl (C=O) groups excluding carboxylic acids is 2. The summed E-state index contributed by atoms with van der Waals surface area (Å²) in [7, 11) is 0. The van der Waals surface area contributed by atoms with Crippen LogP contribution in [0, 0.1) is 0 Å². The van der Waals surface area contributed by atoms with Gasteiger partial charge in [-0.3, -0.25) is 4.79 Å². The summed E-state index contributed by atoms with van der Waals surface area (Å²) < 4.78 is 13.9. The van der Waals surface area contributed by atoms with Crippen molar-refractivity contribution < 1.29 is 18.5 Å². The summed E-state index contributed by atoms with van der Waals surface area (Å²) in [4.78, 5) is 21.2.